The molecule has 0 aliphatic carbocycles. The topological polar surface area (TPSA) is 67.2 Å². The second-order valence-electron chi connectivity index (χ2n) is 5.53. The molecule has 3 rings (SSSR count). The van der Waals surface area contributed by atoms with E-state index in [1.54, 1.807) is 4.31 Å². The van der Waals surface area contributed by atoms with E-state index in [4.69, 9.17) is 0 Å². The molecule has 0 amide bonds. The Labute approximate surface area is 132 Å². The molecule has 1 aromatic heterocycles. The van der Waals surface area contributed by atoms with E-state index in [9.17, 15) is 8.42 Å². The maximum atomic E-state index is 12.9. The van der Waals surface area contributed by atoms with Crippen molar-refractivity contribution in [2.24, 2.45) is 0 Å². The van der Waals surface area contributed by atoms with Gasteiger partial charge in [-0.3, -0.25) is 0 Å². The first kappa shape index (κ1) is 16.7. The molecular weight excluding hydrogens is 312 g/mol. The predicted octanol–water partition coefficient (Wildman–Crippen LogP) is 1.01. The van der Waals surface area contributed by atoms with E-state index >= 15 is 0 Å². The molecule has 0 saturated carbocycles. The van der Waals surface area contributed by atoms with Gasteiger partial charge in [-0.25, -0.2) is 13.4 Å². The van der Waals surface area contributed by atoms with Gasteiger partial charge in [-0.05, 0) is 12.8 Å². The van der Waals surface area contributed by atoms with Crippen LogP contribution in [0.1, 0.15) is 32.0 Å². The normalized spacial score (nSPS) is 22.8. The Hall–Kier alpha value is -0.630. The van der Waals surface area contributed by atoms with Gasteiger partial charge in [0.25, 0.3) is 10.0 Å². The highest BCUT2D eigenvalue weighted by Gasteiger charge is 2.36. The monoisotopic (exact) mass is 334 g/mol. The summed E-state index contributed by atoms with van der Waals surface area (Å²) >= 11 is 0. The summed E-state index contributed by atoms with van der Waals surface area (Å²) in [4.78, 5) is 4.27. The van der Waals surface area contributed by atoms with E-state index in [0.717, 1.165) is 51.1 Å². The van der Waals surface area contributed by atoms with E-state index in [-0.39, 0.29) is 18.4 Å². The minimum absolute atomic E-state index is 0. The van der Waals surface area contributed by atoms with E-state index < -0.39 is 10.0 Å². The molecule has 1 unspecified atom stereocenters. The first-order chi connectivity index (χ1) is 9.64. The molecule has 0 aromatic carbocycles. The Balaban J connectivity index is 0.00000161. The molecule has 1 saturated heterocycles. The molecule has 6 nitrogen and oxygen atoms in total. The summed E-state index contributed by atoms with van der Waals surface area (Å²) in [6.45, 7) is 4.88. The lowest BCUT2D eigenvalue weighted by molar-refractivity contribution is 0.253. The maximum Gasteiger partial charge on any atom is 0.260 e. The molecule has 2 aliphatic heterocycles. The number of aryl methyl sites for hydroxylation is 1. The van der Waals surface area contributed by atoms with Crippen LogP contribution in [-0.2, 0) is 23.0 Å². The van der Waals surface area contributed by atoms with Gasteiger partial charge in [-0.2, -0.15) is 4.31 Å². The van der Waals surface area contributed by atoms with Gasteiger partial charge >= 0.3 is 0 Å². The maximum absolute atomic E-state index is 12.9. The lowest BCUT2D eigenvalue weighted by Gasteiger charge is -2.35. The van der Waals surface area contributed by atoms with Gasteiger partial charge in [-0.1, -0.05) is 13.3 Å². The second kappa shape index (κ2) is 6.64. The fourth-order valence-electron chi connectivity index (χ4n) is 3.19. The van der Waals surface area contributed by atoms with Gasteiger partial charge in [0.05, 0.1) is 6.20 Å². The van der Waals surface area contributed by atoms with Crippen LogP contribution in [0, 0.1) is 0 Å². The smallest absolute Gasteiger partial charge is 0.260 e. The van der Waals surface area contributed by atoms with E-state index in [1.165, 1.54) is 6.20 Å². The predicted molar refractivity (Wildman–Crippen MR) is 83.3 cm³/mol. The lowest BCUT2D eigenvalue weighted by Crippen LogP contribution is -2.53. The van der Waals surface area contributed by atoms with Crippen molar-refractivity contribution in [1.29, 1.82) is 0 Å². The highest BCUT2D eigenvalue weighted by Crippen LogP contribution is 2.25. The van der Waals surface area contributed by atoms with Gasteiger partial charge in [-0.15, -0.1) is 12.4 Å². The molecule has 1 aromatic rings. The van der Waals surface area contributed by atoms with Crippen LogP contribution >= 0.6 is 12.4 Å². The van der Waals surface area contributed by atoms with Crippen LogP contribution in [0.2, 0.25) is 0 Å². The van der Waals surface area contributed by atoms with Gasteiger partial charge in [0.1, 0.15) is 5.82 Å². The van der Waals surface area contributed by atoms with E-state index in [1.807, 2.05) is 4.57 Å². The summed E-state index contributed by atoms with van der Waals surface area (Å²) in [5.41, 5.74) is 0. The highest BCUT2D eigenvalue weighted by molar-refractivity contribution is 7.89. The standard InChI is InChI=1S/C13H22N4O2S.ClH/c1-2-4-11-9-14-6-8-17(11)20(18,19)13-10-15-12-5-3-7-16(12)13;/h10-11,14H,2-9H2,1H3;1H. The number of halogens is 1. The van der Waals surface area contributed by atoms with Crippen LogP contribution < -0.4 is 5.32 Å². The summed E-state index contributed by atoms with van der Waals surface area (Å²) in [6.07, 6.45) is 5.30. The first-order valence-electron chi connectivity index (χ1n) is 7.41. The molecule has 2 aliphatic rings. The molecule has 0 radical (unpaired) electrons. The van der Waals surface area contributed by atoms with Crippen molar-refractivity contribution in [2.45, 2.75) is 50.2 Å². The van der Waals surface area contributed by atoms with Crippen molar-refractivity contribution >= 4 is 22.4 Å². The third-order valence-electron chi connectivity index (χ3n) is 4.17. The third kappa shape index (κ3) is 2.97. The van der Waals surface area contributed by atoms with Gasteiger partial charge < -0.3 is 9.88 Å². The highest BCUT2D eigenvalue weighted by atomic mass is 35.5. The zero-order valence-electron chi connectivity index (χ0n) is 12.3. The van der Waals surface area contributed by atoms with E-state index in [0.29, 0.717) is 11.6 Å². The van der Waals surface area contributed by atoms with Crippen LogP contribution in [0.4, 0.5) is 0 Å². The lowest BCUT2D eigenvalue weighted by atomic mass is 10.1. The Kier molecular flexibility index (Phi) is 5.29. The molecule has 0 bridgehead atoms. The number of sulfonamides is 1. The molecule has 1 N–H and O–H groups in total. The van der Waals surface area contributed by atoms with Crippen LogP contribution in [-0.4, -0.2) is 48.0 Å². The largest absolute Gasteiger partial charge is 0.318 e. The fourth-order valence-corrected chi connectivity index (χ4v) is 5.00. The number of aromatic nitrogens is 2. The third-order valence-corrected chi connectivity index (χ3v) is 6.13. The summed E-state index contributed by atoms with van der Waals surface area (Å²) < 4.78 is 29.4. The van der Waals surface area contributed by atoms with Crippen molar-refractivity contribution in [3.8, 4) is 0 Å². The number of hydrogen-bond acceptors (Lipinski definition) is 4. The van der Waals surface area contributed by atoms with Crippen LogP contribution in [0.5, 0.6) is 0 Å². The number of fused-ring (bicyclic) bond motifs is 1. The van der Waals surface area contributed by atoms with Crippen molar-refractivity contribution < 1.29 is 8.42 Å². The Morgan fingerprint density at radius 3 is 3.00 bits per heavy atom. The quantitative estimate of drug-likeness (QED) is 0.892. The summed E-state index contributed by atoms with van der Waals surface area (Å²) in [5, 5.41) is 3.67. The Bertz CT molecular complexity index is 585. The molecule has 1 fully saturated rings. The molecular formula is C13H23ClN4O2S. The van der Waals surface area contributed by atoms with Gasteiger partial charge in [0.15, 0.2) is 5.03 Å². The fraction of sp³-hybridized carbons (Fsp3) is 0.769. The van der Waals surface area contributed by atoms with Crippen molar-refractivity contribution in [2.75, 3.05) is 19.6 Å². The molecule has 0 spiro atoms. The molecule has 1 atom stereocenters. The van der Waals surface area contributed by atoms with Crippen LogP contribution in [0.25, 0.3) is 0 Å². The van der Waals surface area contributed by atoms with Gasteiger partial charge in [0, 0.05) is 38.6 Å². The Morgan fingerprint density at radius 2 is 2.24 bits per heavy atom. The molecule has 120 valence electrons. The minimum Gasteiger partial charge on any atom is -0.318 e. The number of rotatable bonds is 4. The minimum atomic E-state index is -3.42. The van der Waals surface area contributed by atoms with E-state index in [2.05, 4.69) is 17.2 Å². The Morgan fingerprint density at radius 1 is 1.43 bits per heavy atom. The molecule has 21 heavy (non-hydrogen) atoms. The van der Waals surface area contributed by atoms with Crippen LogP contribution in [0.15, 0.2) is 11.2 Å². The average molecular weight is 335 g/mol. The number of nitrogens with zero attached hydrogens (tertiary/aromatic N) is 3. The molecule has 3 heterocycles. The first-order valence-corrected chi connectivity index (χ1v) is 8.85. The number of nitrogens with one attached hydrogen (secondary N) is 1. The summed E-state index contributed by atoms with van der Waals surface area (Å²) in [6, 6.07) is 0.0614. The van der Waals surface area contributed by atoms with Crippen LogP contribution in [0.3, 0.4) is 0 Å². The van der Waals surface area contributed by atoms with Crippen molar-refractivity contribution in [3.05, 3.63) is 12.0 Å². The molecule has 8 heteroatoms. The zero-order chi connectivity index (χ0) is 14.2. The van der Waals surface area contributed by atoms with Crippen molar-refractivity contribution in [1.82, 2.24) is 19.2 Å². The number of piperazine rings is 1. The van der Waals surface area contributed by atoms with Crippen molar-refractivity contribution in [3.63, 3.8) is 0 Å². The second-order valence-corrected chi connectivity index (χ2v) is 7.37. The summed E-state index contributed by atoms with van der Waals surface area (Å²) in [7, 11) is -3.42. The zero-order valence-corrected chi connectivity index (χ0v) is 13.9. The average Bonchev–Trinajstić information content (AvgIpc) is 3.01. The summed E-state index contributed by atoms with van der Waals surface area (Å²) in [5.74, 6) is 0.908. The SMILES string of the molecule is CCCC1CNCCN1S(=O)(=O)c1cnc2n1CCC2.Cl. The number of imidazole rings is 1. The number of hydrogen-bond donors (Lipinski definition) is 1. The van der Waals surface area contributed by atoms with Gasteiger partial charge in [0.2, 0.25) is 0 Å².